The Morgan fingerprint density at radius 3 is 2.28 bits per heavy atom. The molecule has 7 nitrogen and oxygen atoms in total. The first-order chi connectivity index (χ1) is 17.4. The van der Waals surface area contributed by atoms with E-state index >= 15 is 0 Å². The van der Waals surface area contributed by atoms with Gasteiger partial charge in [-0.2, -0.15) is 0 Å². The lowest BCUT2D eigenvalue weighted by Gasteiger charge is -2.25. The van der Waals surface area contributed by atoms with E-state index in [0.29, 0.717) is 28.3 Å². The molecule has 7 heteroatoms. The second kappa shape index (κ2) is 9.26. The maximum Gasteiger partial charge on any atom is 0.300 e. The molecule has 5 rings (SSSR count). The summed E-state index contributed by atoms with van der Waals surface area (Å²) < 4.78 is 11.0. The van der Waals surface area contributed by atoms with Gasteiger partial charge in [0.2, 0.25) is 0 Å². The molecule has 2 N–H and O–H groups in total. The molecular weight excluding hydrogens is 456 g/mol. The van der Waals surface area contributed by atoms with Gasteiger partial charge in [0, 0.05) is 28.4 Å². The number of fused-ring (bicyclic) bond motifs is 1. The van der Waals surface area contributed by atoms with Gasteiger partial charge in [0.1, 0.15) is 17.3 Å². The van der Waals surface area contributed by atoms with Crippen molar-refractivity contribution < 1.29 is 24.2 Å². The smallest absolute Gasteiger partial charge is 0.300 e. The van der Waals surface area contributed by atoms with E-state index in [4.69, 9.17) is 9.47 Å². The fraction of sp³-hybridized carbons (Fsp3) is 0.172. The summed E-state index contributed by atoms with van der Waals surface area (Å²) in [6, 6.07) is 20.8. The summed E-state index contributed by atoms with van der Waals surface area (Å²) in [4.78, 5) is 31.3. The molecular formula is C29H26N2O5. The van der Waals surface area contributed by atoms with Crippen molar-refractivity contribution in [1.82, 2.24) is 4.98 Å². The van der Waals surface area contributed by atoms with Crippen LogP contribution >= 0.6 is 0 Å². The molecule has 0 spiro atoms. The summed E-state index contributed by atoms with van der Waals surface area (Å²) in [7, 11) is 1.56. The molecule has 1 saturated heterocycles. The molecule has 0 saturated carbocycles. The monoisotopic (exact) mass is 482 g/mol. The second-order valence-corrected chi connectivity index (χ2v) is 8.85. The Morgan fingerprint density at radius 2 is 1.61 bits per heavy atom. The molecule has 1 fully saturated rings. The third-order valence-electron chi connectivity index (χ3n) is 6.21. The third kappa shape index (κ3) is 3.98. The first-order valence-corrected chi connectivity index (χ1v) is 11.7. The molecule has 1 atom stereocenters. The van der Waals surface area contributed by atoms with Crippen LogP contribution in [-0.2, 0) is 9.59 Å². The van der Waals surface area contributed by atoms with E-state index in [0.717, 1.165) is 10.9 Å². The zero-order valence-corrected chi connectivity index (χ0v) is 20.2. The fourth-order valence-corrected chi connectivity index (χ4v) is 4.57. The number of ether oxygens (including phenoxy) is 2. The molecule has 0 radical (unpaired) electrons. The van der Waals surface area contributed by atoms with Crippen LogP contribution in [0.25, 0.3) is 16.7 Å². The molecule has 0 aliphatic carbocycles. The molecule has 1 aliphatic rings. The Kier molecular flexibility index (Phi) is 5.98. The standard InChI is InChI=1S/C29H26N2O5/c1-17(2)36-21-12-8-18(9-13-21)26-25(27(32)23-16-30-24-7-5-4-6-22(23)24)28(33)29(34)31(26)19-10-14-20(35-3)15-11-19/h4-17,26,30,32H,1-3H3/b27-25-. The van der Waals surface area contributed by atoms with Crippen molar-refractivity contribution in [2.75, 3.05) is 12.0 Å². The zero-order chi connectivity index (χ0) is 25.4. The van der Waals surface area contributed by atoms with Gasteiger partial charge in [-0.05, 0) is 61.9 Å². The average molecular weight is 483 g/mol. The zero-order valence-electron chi connectivity index (χ0n) is 20.2. The first-order valence-electron chi connectivity index (χ1n) is 11.7. The molecule has 1 aliphatic heterocycles. The number of methoxy groups -OCH3 is 1. The Balaban J connectivity index is 1.69. The summed E-state index contributed by atoms with van der Waals surface area (Å²) in [5.41, 5.74) is 2.49. The topological polar surface area (TPSA) is 91.9 Å². The Morgan fingerprint density at radius 1 is 0.944 bits per heavy atom. The summed E-state index contributed by atoms with van der Waals surface area (Å²) in [5.74, 6) is -0.392. The SMILES string of the molecule is COc1ccc(N2C(=O)C(=O)/C(=C(\O)c3c[nH]c4ccccc34)C2c2ccc(OC(C)C)cc2)cc1. The first kappa shape index (κ1) is 23.2. The lowest BCUT2D eigenvalue weighted by atomic mass is 9.95. The number of carbonyl (C=O) groups is 2. The molecule has 3 aromatic carbocycles. The van der Waals surface area contributed by atoms with E-state index in [1.165, 1.54) is 4.90 Å². The summed E-state index contributed by atoms with van der Waals surface area (Å²) in [6.07, 6.45) is 1.65. The van der Waals surface area contributed by atoms with Crippen molar-refractivity contribution >= 4 is 34.0 Å². The van der Waals surface area contributed by atoms with E-state index in [9.17, 15) is 14.7 Å². The number of aliphatic hydroxyl groups is 1. The van der Waals surface area contributed by atoms with E-state index in [1.807, 2.05) is 50.2 Å². The van der Waals surface area contributed by atoms with E-state index in [2.05, 4.69) is 4.98 Å². The number of aromatic nitrogens is 1. The number of carbonyl (C=O) groups excluding carboxylic acids is 2. The molecule has 1 unspecified atom stereocenters. The van der Waals surface area contributed by atoms with Gasteiger partial charge in [-0.3, -0.25) is 14.5 Å². The number of nitrogens with one attached hydrogen (secondary N) is 1. The number of nitrogens with zero attached hydrogens (tertiary/aromatic N) is 1. The number of ketones is 1. The summed E-state index contributed by atoms with van der Waals surface area (Å²) in [5, 5.41) is 12.2. The molecule has 182 valence electrons. The van der Waals surface area contributed by atoms with Crippen molar-refractivity contribution in [2.24, 2.45) is 0 Å². The van der Waals surface area contributed by atoms with Crippen LogP contribution in [0.5, 0.6) is 11.5 Å². The molecule has 1 aromatic heterocycles. The number of amides is 1. The van der Waals surface area contributed by atoms with Crippen molar-refractivity contribution in [1.29, 1.82) is 0 Å². The van der Waals surface area contributed by atoms with Crippen LogP contribution in [0.15, 0.2) is 84.6 Å². The van der Waals surface area contributed by atoms with Crippen LogP contribution in [0, 0.1) is 0 Å². The fourth-order valence-electron chi connectivity index (χ4n) is 4.57. The van der Waals surface area contributed by atoms with Gasteiger partial charge in [0.15, 0.2) is 0 Å². The number of benzene rings is 3. The largest absolute Gasteiger partial charge is 0.507 e. The van der Waals surface area contributed by atoms with E-state index < -0.39 is 17.7 Å². The van der Waals surface area contributed by atoms with Gasteiger partial charge in [0.25, 0.3) is 11.7 Å². The van der Waals surface area contributed by atoms with Gasteiger partial charge < -0.3 is 19.6 Å². The van der Waals surface area contributed by atoms with Crippen molar-refractivity contribution in [3.8, 4) is 11.5 Å². The second-order valence-electron chi connectivity index (χ2n) is 8.85. The number of aliphatic hydroxyl groups excluding tert-OH is 1. The van der Waals surface area contributed by atoms with Gasteiger partial charge >= 0.3 is 0 Å². The molecule has 36 heavy (non-hydrogen) atoms. The predicted octanol–water partition coefficient (Wildman–Crippen LogP) is 5.59. The normalized spacial score (nSPS) is 17.2. The summed E-state index contributed by atoms with van der Waals surface area (Å²) >= 11 is 0. The highest BCUT2D eigenvalue weighted by atomic mass is 16.5. The number of aromatic amines is 1. The van der Waals surface area contributed by atoms with Crippen LogP contribution in [-0.4, -0.2) is 35.0 Å². The molecule has 4 aromatic rings. The van der Waals surface area contributed by atoms with Gasteiger partial charge in [-0.1, -0.05) is 30.3 Å². The van der Waals surface area contributed by atoms with Crippen LogP contribution in [0.1, 0.15) is 31.0 Å². The van der Waals surface area contributed by atoms with Gasteiger partial charge in [-0.25, -0.2) is 0 Å². The van der Waals surface area contributed by atoms with E-state index in [1.54, 1.807) is 49.7 Å². The third-order valence-corrected chi connectivity index (χ3v) is 6.21. The number of hydrogen-bond donors (Lipinski definition) is 2. The van der Waals surface area contributed by atoms with Crippen LogP contribution in [0.3, 0.4) is 0 Å². The number of anilines is 1. The number of Topliss-reactive ketones (excluding diaryl/α,β-unsaturated/α-hetero) is 1. The number of rotatable bonds is 6. The van der Waals surface area contributed by atoms with Crippen LogP contribution < -0.4 is 14.4 Å². The quantitative estimate of drug-likeness (QED) is 0.212. The van der Waals surface area contributed by atoms with Gasteiger partial charge in [-0.15, -0.1) is 0 Å². The minimum atomic E-state index is -0.833. The maximum atomic E-state index is 13.4. The Hall–Kier alpha value is -4.52. The van der Waals surface area contributed by atoms with Crippen LogP contribution in [0.2, 0.25) is 0 Å². The number of para-hydroxylation sites is 1. The molecule has 0 bridgehead atoms. The highest BCUT2D eigenvalue weighted by molar-refractivity contribution is 6.51. The molecule has 1 amide bonds. The Labute approximate surface area is 208 Å². The van der Waals surface area contributed by atoms with Crippen molar-refractivity contribution in [2.45, 2.75) is 26.0 Å². The number of hydrogen-bond acceptors (Lipinski definition) is 5. The Bertz CT molecular complexity index is 1470. The van der Waals surface area contributed by atoms with Crippen molar-refractivity contribution in [3.05, 3.63) is 95.7 Å². The lowest BCUT2D eigenvalue weighted by Crippen LogP contribution is -2.29. The average Bonchev–Trinajstić information content (AvgIpc) is 3.43. The summed E-state index contributed by atoms with van der Waals surface area (Å²) in [6.45, 7) is 3.88. The van der Waals surface area contributed by atoms with Crippen molar-refractivity contribution in [3.63, 3.8) is 0 Å². The van der Waals surface area contributed by atoms with Crippen LogP contribution in [0.4, 0.5) is 5.69 Å². The molecule has 2 heterocycles. The predicted molar refractivity (Wildman–Crippen MR) is 138 cm³/mol. The number of H-pyrrole nitrogens is 1. The minimum absolute atomic E-state index is 0.00246. The van der Waals surface area contributed by atoms with E-state index in [-0.39, 0.29) is 17.4 Å². The highest BCUT2D eigenvalue weighted by Gasteiger charge is 2.47. The minimum Gasteiger partial charge on any atom is -0.507 e. The lowest BCUT2D eigenvalue weighted by molar-refractivity contribution is -0.132. The maximum absolute atomic E-state index is 13.4. The van der Waals surface area contributed by atoms with Gasteiger partial charge in [0.05, 0.1) is 24.8 Å². The highest BCUT2D eigenvalue weighted by Crippen LogP contribution is 2.43.